The van der Waals surface area contributed by atoms with E-state index in [9.17, 15) is 14.0 Å². The maximum atomic E-state index is 13.5. The number of ether oxygens (including phenoxy) is 1. The molecule has 2 amide bonds. The van der Waals surface area contributed by atoms with E-state index >= 15 is 0 Å². The smallest absolute Gasteiger partial charge is 0.341 e. The second-order valence-electron chi connectivity index (χ2n) is 7.74. The first-order valence-corrected chi connectivity index (χ1v) is 11.0. The van der Waals surface area contributed by atoms with Crippen molar-refractivity contribution in [2.24, 2.45) is 10.9 Å². The molecule has 0 saturated heterocycles. The Labute approximate surface area is 196 Å². The number of hydrogen-bond donors (Lipinski definition) is 1. The molecule has 4 rings (SSSR count). The Morgan fingerprint density at radius 3 is 2.39 bits per heavy atom. The quantitative estimate of drug-likeness (QED) is 0.457. The third-order valence-electron chi connectivity index (χ3n) is 5.53. The van der Waals surface area contributed by atoms with Crippen molar-refractivity contribution in [2.45, 2.75) is 25.5 Å². The SMILES string of the molecule is O=C1N=C(CCc2ccccc2Cl)C(C(=O)OCc2ccccc2)C(c2ccc(F)cc2)N1. The molecule has 3 aromatic rings. The van der Waals surface area contributed by atoms with E-state index in [-0.39, 0.29) is 6.61 Å². The zero-order valence-electron chi connectivity index (χ0n) is 17.7. The van der Waals surface area contributed by atoms with E-state index in [4.69, 9.17) is 16.3 Å². The summed E-state index contributed by atoms with van der Waals surface area (Å²) in [7, 11) is 0. The van der Waals surface area contributed by atoms with Gasteiger partial charge >= 0.3 is 12.0 Å². The Morgan fingerprint density at radius 1 is 0.970 bits per heavy atom. The van der Waals surface area contributed by atoms with Crippen molar-refractivity contribution in [3.63, 3.8) is 0 Å². The third-order valence-corrected chi connectivity index (χ3v) is 5.90. The molecule has 168 valence electrons. The van der Waals surface area contributed by atoms with Gasteiger partial charge in [-0.1, -0.05) is 72.3 Å². The average Bonchev–Trinajstić information content (AvgIpc) is 2.83. The number of aryl methyl sites for hydroxylation is 1. The summed E-state index contributed by atoms with van der Waals surface area (Å²) < 4.78 is 19.1. The van der Waals surface area contributed by atoms with Gasteiger partial charge < -0.3 is 10.1 Å². The van der Waals surface area contributed by atoms with Crippen molar-refractivity contribution in [1.82, 2.24) is 5.32 Å². The largest absolute Gasteiger partial charge is 0.460 e. The van der Waals surface area contributed by atoms with Crippen LogP contribution in [0.1, 0.15) is 29.2 Å². The molecule has 0 spiro atoms. The highest BCUT2D eigenvalue weighted by molar-refractivity contribution is 6.31. The summed E-state index contributed by atoms with van der Waals surface area (Å²) in [5, 5.41) is 3.35. The Hall–Kier alpha value is -3.51. The predicted molar refractivity (Wildman–Crippen MR) is 125 cm³/mol. The summed E-state index contributed by atoms with van der Waals surface area (Å²) in [6.07, 6.45) is 0.852. The molecular weight excluding hydrogens is 443 g/mol. The van der Waals surface area contributed by atoms with E-state index in [1.54, 1.807) is 18.2 Å². The normalized spacial score (nSPS) is 17.8. The lowest BCUT2D eigenvalue weighted by atomic mass is 9.85. The van der Waals surface area contributed by atoms with E-state index in [1.807, 2.05) is 48.5 Å². The monoisotopic (exact) mass is 464 g/mol. The summed E-state index contributed by atoms with van der Waals surface area (Å²) >= 11 is 6.28. The first kappa shape index (κ1) is 22.7. The van der Waals surface area contributed by atoms with Gasteiger partial charge in [-0.3, -0.25) is 4.79 Å². The summed E-state index contributed by atoms with van der Waals surface area (Å²) in [4.78, 5) is 29.8. The fraction of sp³-hybridized carbons (Fsp3) is 0.192. The van der Waals surface area contributed by atoms with Crippen LogP contribution in [0.5, 0.6) is 0 Å². The zero-order chi connectivity index (χ0) is 23.2. The Morgan fingerprint density at radius 2 is 1.67 bits per heavy atom. The molecule has 2 unspecified atom stereocenters. The third kappa shape index (κ3) is 5.65. The van der Waals surface area contributed by atoms with Crippen molar-refractivity contribution in [3.8, 4) is 0 Å². The highest BCUT2D eigenvalue weighted by atomic mass is 35.5. The van der Waals surface area contributed by atoms with Crippen LogP contribution in [0.15, 0.2) is 83.9 Å². The molecule has 0 bridgehead atoms. The Balaban J connectivity index is 1.61. The lowest BCUT2D eigenvalue weighted by Gasteiger charge is -2.31. The first-order chi connectivity index (χ1) is 16.0. The number of urea groups is 1. The Bertz CT molecular complexity index is 1170. The highest BCUT2D eigenvalue weighted by Gasteiger charge is 2.39. The standard InChI is InChI=1S/C26H22ClFN2O3/c27-21-9-5-4-8-18(21)12-15-22-23(25(31)33-16-17-6-2-1-3-7-17)24(30-26(32)29-22)19-10-13-20(28)14-11-19/h1-11,13-14,23-24H,12,15-16H2,(H,30,32). The van der Waals surface area contributed by atoms with E-state index < -0.39 is 29.8 Å². The number of nitrogens with zero attached hydrogens (tertiary/aromatic N) is 1. The molecule has 0 saturated carbocycles. The molecule has 1 heterocycles. The lowest BCUT2D eigenvalue weighted by Crippen LogP contribution is -2.45. The molecule has 0 fully saturated rings. The number of halogens is 2. The van der Waals surface area contributed by atoms with Crippen LogP contribution < -0.4 is 5.32 Å². The molecule has 0 radical (unpaired) electrons. The van der Waals surface area contributed by atoms with Crippen molar-refractivity contribution in [1.29, 1.82) is 0 Å². The van der Waals surface area contributed by atoms with Crippen LogP contribution >= 0.6 is 11.6 Å². The number of nitrogens with one attached hydrogen (secondary N) is 1. The topological polar surface area (TPSA) is 67.8 Å². The van der Waals surface area contributed by atoms with Crippen molar-refractivity contribution >= 4 is 29.3 Å². The van der Waals surface area contributed by atoms with Gasteiger partial charge in [-0.15, -0.1) is 0 Å². The molecule has 5 nitrogen and oxygen atoms in total. The van der Waals surface area contributed by atoms with Gasteiger partial charge in [-0.2, -0.15) is 0 Å². The van der Waals surface area contributed by atoms with Crippen LogP contribution in [0.2, 0.25) is 5.02 Å². The van der Waals surface area contributed by atoms with Crippen molar-refractivity contribution in [2.75, 3.05) is 0 Å². The predicted octanol–water partition coefficient (Wildman–Crippen LogP) is 5.68. The van der Waals surface area contributed by atoms with Gasteiger partial charge in [0.1, 0.15) is 18.3 Å². The van der Waals surface area contributed by atoms with Crippen molar-refractivity contribution in [3.05, 3.63) is 106 Å². The molecule has 33 heavy (non-hydrogen) atoms. The van der Waals surface area contributed by atoms with E-state index in [2.05, 4.69) is 10.3 Å². The molecular formula is C26H22ClFN2O3. The van der Waals surface area contributed by atoms with Crippen LogP contribution in [0, 0.1) is 11.7 Å². The van der Waals surface area contributed by atoms with Gasteiger partial charge in [0.2, 0.25) is 0 Å². The van der Waals surface area contributed by atoms with Crippen LogP contribution in [0.3, 0.4) is 0 Å². The molecule has 1 aliphatic rings. The molecule has 0 aliphatic carbocycles. The summed E-state index contributed by atoms with van der Waals surface area (Å²) in [5.74, 6) is -1.76. The fourth-order valence-electron chi connectivity index (χ4n) is 3.85. The minimum absolute atomic E-state index is 0.0953. The highest BCUT2D eigenvalue weighted by Crippen LogP contribution is 2.31. The van der Waals surface area contributed by atoms with Gasteiger partial charge in [0, 0.05) is 10.7 Å². The van der Waals surface area contributed by atoms with Crippen molar-refractivity contribution < 1.29 is 18.7 Å². The maximum Gasteiger partial charge on any atom is 0.341 e. The molecule has 2 atom stereocenters. The van der Waals surface area contributed by atoms with Gasteiger partial charge in [0.25, 0.3) is 0 Å². The van der Waals surface area contributed by atoms with Gasteiger partial charge in [0.15, 0.2) is 0 Å². The lowest BCUT2D eigenvalue weighted by molar-refractivity contribution is -0.148. The van der Waals surface area contributed by atoms with Gasteiger partial charge in [0.05, 0.1) is 6.04 Å². The number of amides is 2. The second kappa shape index (κ2) is 10.4. The van der Waals surface area contributed by atoms with Crippen LogP contribution in [0.4, 0.5) is 9.18 Å². The van der Waals surface area contributed by atoms with E-state index in [0.717, 1.165) is 11.1 Å². The number of carbonyl (C=O) groups excluding carboxylic acids is 2. The molecule has 1 aliphatic heterocycles. The number of benzene rings is 3. The van der Waals surface area contributed by atoms with Crippen LogP contribution in [0.25, 0.3) is 0 Å². The van der Waals surface area contributed by atoms with E-state index in [1.165, 1.54) is 12.1 Å². The summed E-state index contributed by atoms with van der Waals surface area (Å²) in [6.45, 7) is 0.0953. The number of carbonyl (C=O) groups is 2. The van der Waals surface area contributed by atoms with Crippen LogP contribution in [-0.2, 0) is 22.6 Å². The fourth-order valence-corrected chi connectivity index (χ4v) is 4.08. The second-order valence-corrected chi connectivity index (χ2v) is 8.15. The van der Waals surface area contributed by atoms with Gasteiger partial charge in [-0.05, 0) is 47.7 Å². The zero-order valence-corrected chi connectivity index (χ0v) is 18.5. The van der Waals surface area contributed by atoms with Crippen LogP contribution in [-0.4, -0.2) is 17.7 Å². The minimum atomic E-state index is -0.848. The van der Waals surface area contributed by atoms with E-state index in [0.29, 0.717) is 29.1 Å². The summed E-state index contributed by atoms with van der Waals surface area (Å²) in [5.41, 5.74) is 2.74. The number of aliphatic imine (C=N–C) groups is 1. The average molecular weight is 465 g/mol. The number of esters is 1. The van der Waals surface area contributed by atoms with Gasteiger partial charge in [-0.25, -0.2) is 14.2 Å². The Kier molecular flexibility index (Phi) is 7.15. The molecule has 0 aromatic heterocycles. The maximum absolute atomic E-state index is 13.5. The summed E-state index contributed by atoms with van der Waals surface area (Å²) in [6, 6.07) is 21.1. The first-order valence-electron chi connectivity index (χ1n) is 10.6. The molecule has 7 heteroatoms. The molecule has 1 N–H and O–H groups in total. The minimum Gasteiger partial charge on any atom is -0.460 e. The number of hydrogen-bond acceptors (Lipinski definition) is 3. The molecule has 3 aromatic carbocycles. The number of rotatable bonds is 7.